The first kappa shape index (κ1) is 22.0. The number of aliphatic imine (C=N–C) groups is 1. The van der Waals surface area contributed by atoms with Crippen molar-refractivity contribution >= 4 is 27.6 Å². The number of hydrogen-bond donors (Lipinski definition) is 0. The molecule has 6 rings (SSSR count). The van der Waals surface area contributed by atoms with Crippen LogP contribution in [0.4, 0.5) is 0 Å². The highest BCUT2D eigenvalue weighted by Crippen LogP contribution is 2.34. The molecule has 0 radical (unpaired) electrons. The van der Waals surface area contributed by atoms with E-state index in [1.165, 1.54) is 6.42 Å². The fourth-order valence-electron chi connectivity index (χ4n) is 5.43. The fourth-order valence-corrected chi connectivity index (χ4v) is 5.43. The summed E-state index contributed by atoms with van der Waals surface area (Å²) in [6, 6.07) is 8.60. The number of rotatable bonds is 5. The van der Waals surface area contributed by atoms with Crippen molar-refractivity contribution in [3.63, 3.8) is 0 Å². The van der Waals surface area contributed by atoms with Crippen molar-refractivity contribution in [3.8, 4) is 16.9 Å². The maximum atomic E-state index is 13.5. The van der Waals surface area contributed by atoms with Crippen molar-refractivity contribution in [2.24, 2.45) is 12.0 Å². The van der Waals surface area contributed by atoms with Crippen LogP contribution in [0.2, 0.25) is 0 Å². The highest BCUT2D eigenvalue weighted by Gasteiger charge is 2.27. The Balaban J connectivity index is 1.51. The molecule has 2 unspecified atom stereocenters. The van der Waals surface area contributed by atoms with Crippen molar-refractivity contribution in [1.82, 2.24) is 19.1 Å². The number of aromatic nitrogens is 4. The van der Waals surface area contributed by atoms with Crippen molar-refractivity contribution in [2.75, 3.05) is 0 Å². The van der Waals surface area contributed by atoms with Crippen LogP contribution < -0.4 is 10.4 Å². The fraction of sp³-hybridized carbons (Fsp3) is 0.429. The Hall–Kier alpha value is -3.48. The number of pyridine rings is 2. The van der Waals surface area contributed by atoms with E-state index in [0.29, 0.717) is 12.1 Å². The zero-order valence-electron chi connectivity index (χ0n) is 20.6. The van der Waals surface area contributed by atoms with E-state index in [4.69, 9.17) is 9.73 Å². The number of aryl methyl sites for hydroxylation is 1. The van der Waals surface area contributed by atoms with Crippen molar-refractivity contribution in [3.05, 3.63) is 53.3 Å². The topological polar surface area (TPSA) is 74.3 Å². The Kier molecular flexibility index (Phi) is 5.43. The molecular formula is C28H31N5O2. The average Bonchev–Trinajstić information content (AvgIpc) is 3.11. The van der Waals surface area contributed by atoms with Gasteiger partial charge in [0.05, 0.1) is 41.1 Å². The van der Waals surface area contributed by atoms with E-state index in [1.54, 1.807) is 10.8 Å². The number of benzene rings is 1. The van der Waals surface area contributed by atoms with Gasteiger partial charge in [0.25, 0.3) is 0 Å². The van der Waals surface area contributed by atoms with Gasteiger partial charge in [-0.05, 0) is 69.2 Å². The van der Waals surface area contributed by atoms with Gasteiger partial charge in [-0.25, -0.2) is 4.79 Å². The zero-order valence-corrected chi connectivity index (χ0v) is 20.6. The maximum Gasteiger partial charge on any atom is 0.329 e. The average molecular weight is 470 g/mol. The predicted molar refractivity (Wildman–Crippen MR) is 139 cm³/mol. The molecule has 0 spiro atoms. The molecule has 1 aliphatic carbocycles. The number of nitrogens with zero attached hydrogens (tertiary/aromatic N) is 5. The van der Waals surface area contributed by atoms with Crippen LogP contribution in [-0.2, 0) is 7.05 Å². The summed E-state index contributed by atoms with van der Waals surface area (Å²) in [5.74, 6) is 0.805. The predicted octanol–water partition coefficient (Wildman–Crippen LogP) is 5.46. The molecule has 0 amide bonds. The van der Waals surface area contributed by atoms with Gasteiger partial charge in [0, 0.05) is 35.9 Å². The number of ether oxygens (including phenoxy) is 1. The first-order valence-corrected chi connectivity index (χ1v) is 12.7. The Bertz CT molecular complexity index is 1510. The molecule has 0 N–H and O–H groups in total. The lowest BCUT2D eigenvalue weighted by molar-refractivity contribution is 0.120. The summed E-state index contributed by atoms with van der Waals surface area (Å²) in [4.78, 5) is 27.5. The van der Waals surface area contributed by atoms with Crippen LogP contribution in [0.15, 0.2) is 52.6 Å². The van der Waals surface area contributed by atoms with Gasteiger partial charge in [0.2, 0.25) is 0 Å². The Morgan fingerprint density at radius 1 is 1.06 bits per heavy atom. The molecule has 2 atom stereocenters. The second-order valence-corrected chi connectivity index (χ2v) is 9.94. The van der Waals surface area contributed by atoms with Crippen LogP contribution >= 0.6 is 0 Å². The normalized spacial score (nSPS) is 20.7. The van der Waals surface area contributed by atoms with E-state index in [0.717, 1.165) is 76.6 Å². The highest BCUT2D eigenvalue weighted by molar-refractivity contribution is 6.05. The molecule has 7 heteroatoms. The van der Waals surface area contributed by atoms with E-state index in [2.05, 4.69) is 42.0 Å². The molecule has 7 nitrogen and oxygen atoms in total. The molecule has 4 aromatic rings. The molecule has 0 saturated heterocycles. The summed E-state index contributed by atoms with van der Waals surface area (Å²) in [5.41, 5.74) is 5.66. The molecular weight excluding hydrogens is 438 g/mol. The molecule has 35 heavy (non-hydrogen) atoms. The van der Waals surface area contributed by atoms with Crippen LogP contribution in [0.3, 0.4) is 0 Å². The summed E-state index contributed by atoms with van der Waals surface area (Å²) in [6.07, 6.45) is 12.2. The minimum absolute atomic E-state index is 0.0215. The molecule has 0 bridgehead atoms. The van der Waals surface area contributed by atoms with E-state index in [9.17, 15) is 4.79 Å². The summed E-state index contributed by atoms with van der Waals surface area (Å²) in [6.45, 7) is 4.24. The van der Waals surface area contributed by atoms with Gasteiger partial charge in [0.1, 0.15) is 5.75 Å². The third-order valence-electron chi connectivity index (χ3n) is 7.74. The minimum atomic E-state index is -0.0378. The third kappa shape index (κ3) is 3.74. The molecule has 1 aromatic carbocycles. The van der Waals surface area contributed by atoms with Crippen molar-refractivity contribution in [2.45, 2.75) is 70.6 Å². The largest absolute Gasteiger partial charge is 0.489 e. The number of fused-ring (bicyclic) bond motifs is 3. The van der Waals surface area contributed by atoms with Gasteiger partial charge in [-0.1, -0.05) is 13.0 Å². The monoisotopic (exact) mass is 469 g/mol. The van der Waals surface area contributed by atoms with Crippen molar-refractivity contribution in [1.29, 1.82) is 0 Å². The Morgan fingerprint density at radius 3 is 2.66 bits per heavy atom. The first-order chi connectivity index (χ1) is 17.0. The lowest BCUT2D eigenvalue weighted by Gasteiger charge is -2.27. The van der Waals surface area contributed by atoms with E-state index in [-0.39, 0.29) is 11.7 Å². The molecule has 3 aromatic heterocycles. The standard InChI is InChI=1S/C28H31N5O2/c1-4-20-9-11-25(17(2)31-20)33-27-23-13-18(8-10-24(23)30-16-26(27)32(3)28(33)34)19-12-22(15-29-14-19)35-21-6-5-7-21/h8,10,12-16,20-21,25H,4-7,9,11H2,1-3H3. The number of hydrogen-bond acceptors (Lipinski definition) is 5. The molecule has 1 saturated carbocycles. The van der Waals surface area contributed by atoms with E-state index >= 15 is 0 Å². The smallest absolute Gasteiger partial charge is 0.329 e. The molecule has 1 aliphatic heterocycles. The van der Waals surface area contributed by atoms with Crippen LogP contribution in [-0.4, -0.2) is 37.0 Å². The van der Waals surface area contributed by atoms with Crippen molar-refractivity contribution < 1.29 is 4.74 Å². The van der Waals surface area contributed by atoms with Gasteiger partial charge in [-0.2, -0.15) is 0 Å². The second kappa shape index (κ2) is 8.63. The first-order valence-electron chi connectivity index (χ1n) is 12.7. The van der Waals surface area contributed by atoms with Gasteiger partial charge in [0.15, 0.2) is 0 Å². The summed E-state index contributed by atoms with van der Waals surface area (Å²) >= 11 is 0. The third-order valence-corrected chi connectivity index (χ3v) is 7.74. The summed E-state index contributed by atoms with van der Waals surface area (Å²) in [7, 11) is 1.83. The van der Waals surface area contributed by atoms with Crippen LogP contribution in [0, 0.1) is 0 Å². The van der Waals surface area contributed by atoms with Gasteiger partial charge >= 0.3 is 5.69 Å². The van der Waals surface area contributed by atoms with Gasteiger partial charge in [-0.15, -0.1) is 0 Å². The van der Waals surface area contributed by atoms with Gasteiger partial charge < -0.3 is 4.74 Å². The summed E-state index contributed by atoms with van der Waals surface area (Å²) < 4.78 is 9.74. The lowest BCUT2D eigenvalue weighted by atomic mass is 9.96. The number of imidazole rings is 1. The quantitative estimate of drug-likeness (QED) is 0.389. The zero-order chi connectivity index (χ0) is 24.1. The highest BCUT2D eigenvalue weighted by atomic mass is 16.5. The Labute approximate surface area is 204 Å². The van der Waals surface area contributed by atoms with E-state index in [1.807, 2.05) is 30.1 Å². The Morgan fingerprint density at radius 2 is 1.91 bits per heavy atom. The van der Waals surface area contributed by atoms with Crippen LogP contribution in [0.5, 0.6) is 5.75 Å². The second-order valence-electron chi connectivity index (χ2n) is 9.94. The molecule has 2 aliphatic rings. The molecule has 4 heterocycles. The van der Waals surface area contributed by atoms with Crippen LogP contribution in [0.25, 0.3) is 33.1 Å². The molecule has 180 valence electrons. The molecule has 1 fully saturated rings. The van der Waals surface area contributed by atoms with Crippen LogP contribution in [0.1, 0.15) is 58.4 Å². The minimum Gasteiger partial charge on any atom is -0.489 e. The van der Waals surface area contributed by atoms with E-state index < -0.39 is 0 Å². The van der Waals surface area contributed by atoms with Gasteiger partial charge in [-0.3, -0.25) is 24.1 Å². The lowest BCUT2D eigenvalue weighted by Crippen LogP contribution is -2.33. The SMILES string of the molecule is CCC1CCC(n2c(=O)n(C)c3cnc4ccc(-c5cncc(OC6CCC6)c5)cc4c32)C(C)=N1. The summed E-state index contributed by atoms with van der Waals surface area (Å²) in [5, 5.41) is 0.966. The maximum absolute atomic E-state index is 13.5.